The minimum absolute atomic E-state index is 0.164. The number of benzene rings is 9. The summed E-state index contributed by atoms with van der Waals surface area (Å²) in [4.78, 5) is 15.8. The molecule has 3 aromatic heterocycles. The third kappa shape index (κ3) is 5.09. The van der Waals surface area contributed by atoms with Crippen molar-refractivity contribution < 1.29 is 8.83 Å². The Kier molecular flexibility index (Phi) is 7.07. The van der Waals surface area contributed by atoms with E-state index in [4.69, 9.17) is 23.8 Å². The first-order valence-electron chi connectivity index (χ1n) is 20.4. The summed E-state index contributed by atoms with van der Waals surface area (Å²) in [5, 5.41) is 8.82. The molecule has 5 heteroatoms. The third-order valence-corrected chi connectivity index (χ3v) is 12.5. The normalized spacial score (nSPS) is 13.8. The molecule has 5 nitrogen and oxygen atoms in total. The fraction of sp³-hybridized carbons (Fsp3) is 0.0364. The maximum Gasteiger partial charge on any atom is 0.164 e. The molecule has 0 radical (unpaired) electrons. The molecule has 1 atom stereocenters. The lowest BCUT2D eigenvalue weighted by molar-refractivity contribution is 0.668. The molecule has 13 rings (SSSR count). The molecule has 0 saturated heterocycles. The highest BCUT2D eigenvalue weighted by atomic mass is 16.3. The molecule has 1 aliphatic rings. The summed E-state index contributed by atoms with van der Waals surface area (Å²) in [7, 11) is 0. The van der Waals surface area contributed by atoms with Crippen LogP contribution in [0.2, 0.25) is 0 Å². The number of nitrogens with zero attached hydrogens (tertiary/aromatic N) is 3. The number of furan rings is 2. The number of rotatable bonds is 4. The van der Waals surface area contributed by atoms with Gasteiger partial charge in [0.1, 0.15) is 22.3 Å². The molecule has 280 valence electrons. The molecule has 9 aromatic carbocycles. The van der Waals surface area contributed by atoms with Crippen molar-refractivity contribution in [1.82, 2.24) is 15.0 Å². The minimum Gasteiger partial charge on any atom is -0.456 e. The van der Waals surface area contributed by atoms with Crippen molar-refractivity contribution in [1.29, 1.82) is 0 Å². The van der Waals surface area contributed by atoms with E-state index in [1.54, 1.807) is 0 Å². The molecule has 0 saturated carbocycles. The van der Waals surface area contributed by atoms with E-state index in [1.807, 2.05) is 42.5 Å². The van der Waals surface area contributed by atoms with E-state index in [9.17, 15) is 0 Å². The second kappa shape index (κ2) is 12.8. The van der Waals surface area contributed by atoms with Gasteiger partial charge in [0.25, 0.3) is 0 Å². The van der Waals surface area contributed by atoms with Crippen molar-refractivity contribution in [3.8, 4) is 45.3 Å². The van der Waals surface area contributed by atoms with Crippen LogP contribution in [-0.2, 0) is 6.42 Å². The maximum absolute atomic E-state index is 6.63. The van der Waals surface area contributed by atoms with Crippen molar-refractivity contribution in [2.75, 3.05) is 0 Å². The summed E-state index contributed by atoms with van der Waals surface area (Å²) >= 11 is 0. The van der Waals surface area contributed by atoms with Gasteiger partial charge < -0.3 is 8.83 Å². The van der Waals surface area contributed by atoms with E-state index in [2.05, 4.69) is 140 Å². The molecular formula is C55H33N3O2. The fourth-order valence-electron chi connectivity index (χ4n) is 9.65. The zero-order chi connectivity index (χ0) is 39.3. The van der Waals surface area contributed by atoms with E-state index in [-0.39, 0.29) is 5.92 Å². The molecule has 1 unspecified atom stereocenters. The Hall–Kier alpha value is -7.89. The van der Waals surface area contributed by atoms with Gasteiger partial charge in [-0.25, -0.2) is 15.0 Å². The summed E-state index contributed by atoms with van der Waals surface area (Å²) in [5.41, 5.74) is 12.6. The van der Waals surface area contributed by atoms with Crippen molar-refractivity contribution in [2.24, 2.45) is 0 Å². The Morgan fingerprint density at radius 2 is 1.00 bits per heavy atom. The second-order valence-corrected chi connectivity index (χ2v) is 15.9. The molecular weight excluding hydrogens is 735 g/mol. The van der Waals surface area contributed by atoms with Crippen molar-refractivity contribution in [2.45, 2.75) is 12.3 Å². The van der Waals surface area contributed by atoms with Gasteiger partial charge in [-0.05, 0) is 110 Å². The topological polar surface area (TPSA) is 65.0 Å². The van der Waals surface area contributed by atoms with Gasteiger partial charge in [-0.15, -0.1) is 0 Å². The van der Waals surface area contributed by atoms with Crippen LogP contribution in [0.25, 0.3) is 111 Å². The maximum atomic E-state index is 6.63. The molecule has 3 heterocycles. The summed E-state index contributed by atoms with van der Waals surface area (Å²) in [5.74, 6) is 1.95. The number of fused-ring (bicyclic) bond motifs is 11. The zero-order valence-corrected chi connectivity index (χ0v) is 32.3. The lowest BCUT2D eigenvalue weighted by Gasteiger charge is -2.29. The van der Waals surface area contributed by atoms with Crippen LogP contribution < -0.4 is 0 Å². The van der Waals surface area contributed by atoms with Gasteiger partial charge in [0.05, 0.1) is 0 Å². The molecule has 0 bridgehead atoms. The highest BCUT2D eigenvalue weighted by Gasteiger charge is 2.28. The Morgan fingerprint density at radius 3 is 1.92 bits per heavy atom. The van der Waals surface area contributed by atoms with Gasteiger partial charge in [-0.2, -0.15) is 0 Å². The van der Waals surface area contributed by atoms with E-state index in [0.717, 1.165) is 77.8 Å². The molecule has 0 N–H and O–H groups in total. The minimum atomic E-state index is 0.164. The predicted molar refractivity (Wildman–Crippen MR) is 243 cm³/mol. The number of aromatic nitrogens is 3. The van der Waals surface area contributed by atoms with Crippen molar-refractivity contribution >= 4 is 65.4 Å². The average Bonchev–Trinajstić information content (AvgIpc) is 3.88. The van der Waals surface area contributed by atoms with Crippen molar-refractivity contribution in [3.63, 3.8) is 0 Å². The number of para-hydroxylation sites is 1. The van der Waals surface area contributed by atoms with Gasteiger partial charge in [-0.1, -0.05) is 127 Å². The first-order chi connectivity index (χ1) is 29.7. The van der Waals surface area contributed by atoms with Crippen LogP contribution in [-0.4, -0.2) is 15.0 Å². The molecule has 1 aliphatic carbocycles. The summed E-state index contributed by atoms with van der Waals surface area (Å²) in [6.07, 6.45) is 0.914. The van der Waals surface area contributed by atoms with Gasteiger partial charge in [-0.3, -0.25) is 0 Å². The monoisotopic (exact) mass is 767 g/mol. The molecule has 0 fully saturated rings. The van der Waals surface area contributed by atoms with Crippen LogP contribution in [0.3, 0.4) is 0 Å². The lowest BCUT2D eigenvalue weighted by atomic mass is 9.75. The SMILES string of the molecule is c1ccc2c(c1)CC(c1ccc3oc4cccc(-c5nc(-c6ccc7oc8ccccc8c7c6)nc(-c6cccc7ccccc67)n5)c4c3c1)c1cc3ccccc3cc1-2. The third-order valence-electron chi connectivity index (χ3n) is 12.5. The predicted octanol–water partition coefficient (Wildman–Crippen LogP) is 14.3. The number of hydrogen-bond donors (Lipinski definition) is 0. The standard InChI is InChI=1S/C55H33N3O2/c1-2-13-34-28-45-43(29-35-14-4-6-17-39(35)44(45)27-33(34)12-1)36-23-25-50-47(30-36)52-42(20-10-22-51(52)60-50)55-57-53(37-24-26-49-46(31-37)40-18-7-8-21-48(40)59-49)56-54(58-55)41-19-9-15-32-11-3-5-16-38(32)41/h1-28,30-31,43H,29H2. The fourth-order valence-corrected chi connectivity index (χ4v) is 9.65. The first-order valence-corrected chi connectivity index (χ1v) is 20.4. The van der Waals surface area contributed by atoms with E-state index in [1.165, 1.54) is 38.6 Å². The molecule has 0 aliphatic heterocycles. The van der Waals surface area contributed by atoms with Crippen LogP contribution in [0.15, 0.2) is 191 Å². The molecule has 60 heavy (non-hydrogen) atoms. The van der Waals surface area contributed by atoms with E-state index >= 15 is 0 Å². The Bertz CT molecular complexity index is 3720. The van der Waals surface area contributed by atoms with Crippen LogP contribution in [0, 0.1) is 0 Å². The first kappa shape index (κ1) is 33.1. The Balaban J connectivity index is 1.03. The summed E-state index contributed by atoms with van der Waals surface area (Å²) in [6, 6.07) is 64.2. The number of hydrogen-bond acceptors (Lipinski definition) is 5. The Labute approximate surface area is 344 Å². The highest BCUT2D eigenvalue weighted by Crippen LogP contribution is 2.46. The molecule has 12 aromatic rings. The lowest BCUT2D eigenvalue weighted by Crippen LogP contribution is -2.12. The average molecular weight is 768 g/mol. The molecule has 0 amide bonds. The van der Waals surface area contributed by atoms with Gasteiger partial charge >= 0.3 is 0 Å². The smallest absolute Gasteiger partial charge is 0.164 e. The van der Waals surface area contributed by atoms with E-state index < -0.39 is 0 Å². The quantitative estimate of drug-likeness (QED) is 0.178. The van der Waals surface area contributed by atoms with Crippen molar-refractivity contribution in [3.05, 3.63) is 199 Å². The van der Waals surface area contributed by atoms with Crippen LogP contribution in [0.5, 0.6) is 0 Å². The zero-order valence-electron chi connectivity index (χ0n) is 32.3. The Morgan fingerprint density at radius 1 is 0.383 bits per heavy atom. The van der Waals surface area contributed by atoms with Gasteiger partial charge in [0.2, 0.25) is 0 Å². The van der Waals surface area contributed by atoms with Crippen LogP contribution in [0.1, 0.15) is 22.6 Å². The van der Waals surface area contributed by atoms with Gasteiger partial charge in [0, 0.05) is 44.2 Å². The summed E-state index contributed by atoms with van der Waals surface area (Å²) < 4.78 is 12.8. The van der Waals surface area contributed by atoms with E-state index in [0.29, 0.717) is 17.5 Å². The highest BCUT2D eigenvalue weighted by molar-refractivity contribution is 6.12. The van der Waals surface area contributed by atoms with Gasteiger partial charge in [0.15, 0.2) is 17.5 Å². The summed E-state index contributed by atoms with van der Waals surface area (Å²) in [6.45, 7) is 0. The molecule has 0 spiro atoms. The second-order valence-electron chi connectivity index (χ2n) is 15.9. The van der Waals surface area contributed by atoms with Crippen LogP contribution >= 0.6 is 0 Å². The largest absolute Gasteiger partial charge is 0.456 e. The van der Waals surface area contributed by atoms with Crippen LogP contribution in [0.4, 0.5) is 0 Å².